The molecule has 1 N–H and O–H groups in total. The summed E-state index contributed by atoms with van der Waals surface area (Å²) in [5, 5.41) is 2.75. The summed E-state index contributed by atoms with van der Waals surface area (Å²) in [6.07, 6.45) is -0.610. The standard InChI is InChI=1S/C18H27NO5/c1-5-23-9-10-24-14(3)17(20)19-12-16(18(21)22-4)15-8-6-7-13(2)11-15/h6-8,11,14,16H,5,9-10,12H2,1-4H3,(H,19,20)/t14-,16-/m1/s1. The topological polar surface area (TPSA) is 73.9 Å². The lowest BCUT2D eigenvalue weighted by Crippen LogP contribution is -2.39. The predicted molar refractivity (Wildman–Crippen MR) is 90.9 cm³/mol. The minimum absolute atomic E-state index is 0.161. The molecule has 0 fully saturated rings. The summed E-state index contributed by atoms with van der Waals surface area (Å²) in [7, 11) is 1.34. The van der Waals surface area contributed by atoms with Gasteiger partial charge in [0, 0.05) is 13.2 Å². The third kappa shape index (κ3) is 6.68. The largest absolute Gasteiger partial charge is 0.468 e. The molecule has 1 aromatic carbocycles. The van der Waals surface area contributed by atoms with Crippen molar-refractivity contribution in [1.82, 2.24) is 5.32 Å². The lowest BCUT2D eigenvalue weighted by Gasteiger charge is -2.18. The van der Waals surface area contributed by atoms with Crippen molar-refractivity contribution in [3.63, 3.8) is 0 Å². The Balaban J connectivity index is 2.59. The van der Waals surface area contributed by atoms with Crippen molar-refractivity contribution in [2.24, 2.45) is 0 Å². The van der Waals surface area contributed by atoms with E-state index in [4.69, 9.17) is 14.2 Å². The average Bonchev–Trinajstić information content (AvgIpc) is 2.58. The fourth-order valence-electron chi connectivity index (χ4n) is 2.22. The van der Waals surface area contributed by atoms with Crippen molar-refractivity contribution in [2.45, 2.75) is 32.8 Å². The van der Waals surface area contributed by atoms with Gasteiger partial charge in [0.1, 0.15) is 6.10 Å². The molecule has 0 aliphatic carbocycles. The number of carbonyl (C=O) groups excluding carboxylic acids is 2. The molecule has 0 heterocycles. The molecule has 134 valence electrons. The minimum atomic E-state index is -0.610. The number of amides is 1. The highest BCUT2D eigenvalue weighted by Gasteiger charge is 2.23. The Labute approximate surface area is 143 Å². The zero-order valence-corrected chi connectivity index (χ0v) is 14.8. The van der Waals surface area contributed by atoms with Crippen LogP contribution in [0.5, 0.6) is 0 Å². The molecule has 2 atom stereocenters. The molecule has 0 saturated heterocycles. The number of hydrogen-bond acceptors (Lipinski definition) is 5. The number of hydrogen-bond donors (Lipinski definition) is 1. The summed E-state index contributed by atoms with van der Waals surface area (Å²) in [5.74, 6) is -1.20. The normalized spacial score (nSPS) is 13.2. The van der Waals surface area contributed by atoms with Gasteiger partial charge in [-0.25, -0.2) is 0 Å². The number of carbonyl (C=O) groups is 2. The molecule has 0 aromatic heterocycles. The first kappa shape index (κ1) is 20.1. The van der Waals surface area contributed by atoms with Crippen molar-refractivity contribution in [3.8, 4) is 0 Å². The summed E-state index contributed by atoms with van der Waals surface area (Å²) < 4.78 is 15.4. The molecule has 0 saturated carbocycles. The summed E-state index contributed by atoms with van der Waals surface area (Å²) in [6, 6.07) is 7.59. The predicted octanol–water partition coefficient (Wildman–Crippen LogP) is 1.81. The van der Waals surface area contributed by atoms with Gasteiger partial charge in [0.15, 0.2) is 0 Å². The van der Waals surface area contributed by atoms with Crippen molar-refractivity contribution < 1.29 is 23.8 Å². The van der Waals surface area contributed by atoms with E-state index >= 15 is 0 Å². The Bertz CT molecular complexity index is 532. The SMILES string of the molecule is CCOCCO[C@H](C)C(=O)NC[C@@H](C(=O)OC)c1cccc(C)c1. The summed E-state index contributed by atoms with van der Waals surface area (Å²) >= 11 is 0. The Morgan fingerprint density at radius 2 is 2.00 bits per heavy atom. The first-order valence-electron chi connectivity index (χ1n) is 8.11. The van der Waals surface area contributed by atoms with E-state index in [-0.39, 0.29) is 18.4 Å². The maximum absolute atomic E-state index is 12.1. The lowest BCUT2D eigenvalue weighted by molar-refractivity contribution is -0.142. The lowest BCUT2D eigenvalue weighted by atomic mass is 9.97. The number of methoxy groups -OCH3 is 1. The van der Waals surface area contributed by atoms with Gasteiger partial charge in [-0.1, -0.05) is 29.8 Å². The molecule has 0 spiro atoms. The van der Waals surface area contributed by atoms with Gasteiger partial charge < -0.3 is 19.5 Å². The van der Waals surface area contributed by atoms with Gasteiger partial charge in [-0.05, 0) is 26.3 Å². The molecule has 0 aliphatic heterocycles. The van der Waals surface area contributed by atoms with Crippen LogP contribution in [0, 0.1) is 6.92 Å². The molecule has 6 heteroatoms. The van der Waals surface area contributed by atoms with Crippen LogP contribution in [0.15, 0.2) is 24.3 Å². The number of aryl methyl sites for hydroxylation is 1. The van der Waals surface area contributed by atoms with Gasteiger partial charge in [-0.15, -0.1) is 0 Å². The molecule has 1 amide bonds. The van der Waals surface area contributed by atoms with Crippen LogP contribution in [0.2, 0.25) is 0 Å². The van der Waals surface area contributed by atoms with Crippen LogP contribution in [-0.4, -0.2) is 51.5 Å². The number of ether oxygens (including phenoxy) is 3. The molecule has 1 aromatic rings. The van der Waals surface area contributed by atoms with Crippen LogP contribution in [0.3, 0.4) is 0 Å². The molecular formula is C18H27NO5. The third-order valence-electron chi connectivity index (χ3n) is 3.58. The summed E-state index contributed by atoms with van der Waals surface area (Å²) in [6.45, 7) is 7.08. The van der Waals surface area contributed by atoms with Crippen molar-refractivity contribution in [1.29, 1.82) is 0 Å². The van der Waals surface area contributed by atoms with Crippen LogP contribution in [0.25, 0.3) is 0 Å². The highest BCUT2D eigenvalue weighted by atomic mass is 16.5. The fraction of sp³-hybridized carbons (Fsp3) is 0.556. The van der Waals surface area contributed by atoms with Crippen molar-refractivity contribution >= 4 is 11.9 Å². The number of rotatable bonds is 10. The van der Waals surface area contributed by atoms with E-state index in [1.165, 1.54) is 7.11 Å². The first-order chi connectivity index (χ1) is 11.5. The van der Waals surface area contributed by atoms with Gasteiger partial charge in [0.25, 0.3) is 0 Å². The first-order valence-corrected chi connectivity index (χ1v) is 8.11. The highest BCUT2D eigenvalue weighted by molar-refractivity contribution is 5.83. The highest BCUT2D eigenvalue weighted by Crippen LogP contribution is 2.18. The number of nitrogens with one attached hydrogen (secondary N) is 1. The Hall–Kier alpha value is -1.92. The van der Waals surface area contributed by atoms with Gasteiger partial charge in [-0.3, -0.25) is 9.59 Å². The van der Waals surface area contributed by atoms with Crippen LogP contribution < -0.4 is 5.32 Å². The van der Waals surface area contributed by atoms with E-state index in [9.17, 15) is 9.59 Å². The Kier molecular flexibility index (Phi) is 9.04. The minimum Gasteiger partial charge on any atom is -0.468 e. The van der Waals surface area contributed by atoms with E-state index in [0.29, 0.717) is 19.8 Å². The summed E-state index contributed by atoms with van der Waals surface area (Å²) in [4.78, 5) is 24.1. The Morgan fingerprint density at radius 1 is 1.25 bits per heavy atom. The maximum Gasteiger partial charge on any atom is 0.314 e. The van der Waals surface area contributed by atoms with Crippen LogP contribution >= 0.6 is 0 Å². The average molecular weight is 337 g/mol. The quantitative estimate of drug-likeness (QED) is 0.521. The van der Waals surface area contributed by atoms with Crippen LogP contribution in [0.1, 0.15) is 30.9 Å². The molecule has 1 rings (SSSR count). The van der Waals surface area contributed by atoms with E-state index in [2.05, 4.69) is 5.32 Å². The monoisotopic (exact) mass is 337 g/mol. The fourth-order valence-corrected chi connectivity index (χ4v) is 2.22. The smallest absolute Gasteiger partial charge is 0.314 e. The zero-order chi connectivity index (χ0) is 17.9. The van der Waals surface area contributed by atoms with Gasteiger partial charge >= 0.3 is 5.97 Å². The second-order valence-electron chi connectivity index (χ2n) is 5.44. The molecule has 0 radical (unpaired) electrons. The second-order valence-corrected chi connectivity index (χ2v) is 5.44. The molecule has 24 heavy (non-hydrogen) atoms. The molecule has 0 unspecified atom stereocenters. The Morgan fingerprint density at radius 3 is 2.62 bits per heavy atom. The van der Waals surface area contributed by atoms with Crippen LogP contribution in [0.4, 0.5) is 0 Å². The molecular weight excluding hydrogens is 310 g/mol. The van der Waals surface area contributed by atoms with Gasteiger partial charge in [0.05, 0.1) is 26.2 Å². The van der Waals surface area contributed by atoms with Crippen molar-refractivity contribution in [2.75, 3.05) is 33.5 Å². The van der Waals surface area contributed by atoms with E-state index in [0.717, 1.165) is 11.1 Å². The zero-order valence-electron chi connectivity index (χ0n) is 14.8. The number of esters is 1. The summed E-state index contributed by atoms with van der Waals surface area (Å²) in [5.41, 5.74) is 1.85. The third-order valence-corrected chi connectivity index (χ3v) is 3.58. The molecule has 0 bridgehead atoms. The van der Waals surface area contributed by atoms with Crippen LogP contribution in [-0.2, 0) is 23.8 Å². The van der Waals surface area contributed by atoms with E-state index < -0.39 is 12.0 Å². The second kappa shape index (κ2) is 10.8. The molecule has 6 nitrogen and oxygen atoms in total. The van der Waals surface area contributed by atoms with Crippen molar-refractivity contribution in [3.05, 3.63) is 35.4 Å². The van der Waals surface area contributed by atoms with Gasteiger partial charge in [-0.2, -0.15) is 0 Å². The number of benzene rings is 1. The maximum atomic E-state index is 12.1. The molecule has 0 aliphatic rings. The van der Waals surface area contributed by atoms with E-state index in [1.54, 1.807) is 6.92 Å². The van der Waals surface area contributed by atoms with E-state index in [1.807, 2.05) is 38.1 Å². The van der Waals surface area contributed by atoms with Gasteiger partial charge in [0.2, 0.25) is 5.91 Å².